The molecule has 0 aliphatic heterocycles. The second-order valence-electron chi connectivity index (χ2n) is 5.61. The predicted molar refractivity (Wildman–Crippen MR) is 73.5 cm³/mol. The highest BCUT2D eigenvalue weighted by molar-refractivity contribution is 7.11. The lowest BCUT2D eigenvalue weighted by Gasteiger charge is -2.13. The molecule has 0 fully saturated rings. The lowest BCUT2D eigenvalue weighted by Crippen LogP contribution is -2.21. The van der Waals surface area contributed by atoms with Gasteiger partial charge in [0.2, 0.25) is 0 Å². The molecule has 0 spiro atoms. The Hall–Kier alpha value is -0.450. The first-order valence-corrected chi connectivity index (χ1v) is 6.87. The molecule has 17 heavy (non-hydrogen) atoms. The fourth-order valence-corrected chi connectivity index (χ4v) is 2.46. The number of thiazole rings is 1. The summed E-state index contributed by atoms with van der Waals surface area (Å²) in [5.74, 6) is 0. The van der Waals surface area contributed by atoms with Gasteiger partial charge in [0.15, 0.2) is 0 Å². The lowest BCUT2D eigenvalue weighted by atomic mass is 9.98. The Kier molecular flexibility index (Phi) is 5.10. The number of ether oxygens (including phenoxy) is 1. The summed E-state index contributed by atoms with van der Waals surface area (Å²) in [5, 5.41) is 4.63. The van der Waals surface area contributed by atoms with Crippen molar-refractivity contribution in [2.75, 3.05) is 7.11 Å². The minimum atomic E-state index is 0.114. The van der Waals surface area contributed by atoms with Crippen LogP contribution in [0.2, 0.25) is 0 Å². The first-order valence-electron chi connectivity index (χ1n) is 6.06. The van der Waals surface area contributed by atoms with Gasteiger partial charge in [0, 0.05) is 30.0 Å². The van der Waals surface area contributed by atoms with E-state index in [9.17, 15) is 0 Å². The minimum Gasteiger partial charge on any atom is -0.378 e. The minimum absolute atomic E-state index is 0.114. The fourth-order valence-electron chi connectivity index (χ4n) is 1.39. The first-order chi connectivity index (χ1) is 7.84. The summed E-state index contributed by atoms with van der Waals surface area (Å²) in [5.41, 5.74) is 1.19. The van der Waals surface area contributed by atoms with E-state index in [0.717, 1.165) is 12.2 Å². The van der Waals surface area contributed by atoms with Crippen LogP contribution >= 0.6 is 11.3 Å². The van der Waals surface area contributed by atoms with E-state index in [1.54, 1.807) is 18.4 Å². The molecule has 1 N–H and O–H groups in total. The van der Waals surface area contributed by atoms with Crippen molar-refractivity contribution >= 4 is 11.3 Å². The Labute approximate surface area is 109 Å². The Balaban J connectivity index is 2.89. The molecule has 0 atom stereocenters. The number of hydrogen-bond acceptors (Lipinski definition) is 4. The van der Waals surface area contributed by atoms with Gasteiger partial charge in [-0.3, -0.25) is 0 Å². The molecule has 3 nitrogen and oxygen atoms in total. The maximum atomic E-state index is 5.22. The maximum absolute atomic E-state index is 5.22. The molecule has 1 rings (SSSR count). The van der Waals surface area contributed by atoms with Gasteiger partial charge >= 0.3 is 0 Å². The van der Waals surface area contributed by atoms with Gasteiger partial charge in [-0.25, -0.2) is 4.98 Å². The van der Waals surface area contributed by atoms with Crippen LogP contribution in [0.5, 0.6) is 0 Å². The number of rotatable bonds is 5. The molecule has 0 aromatic carbocycles. The van der Waals surface area contributed by atoms with Crippen molar-refractivity contribution in [3.8, 4) is 0 Å². The smallest absolute Gasteiger partial charge is 0.0986 e. The largest absolute Gasteiger partial charge is 0.378 e. The topological polar surface area (TPSA) is 34.1 Å². The van der Waals surface area contributed by atoms with E-state index in [1.165, 1.54) is 9.88 Å². The summed E-state index contributed by atoms with van der Waals surface area (Å²) in [7, 11) is 1.72. The molecule has 1 aromatic heterocycles. The Morgan fingerprint density at radius 3 is 2.47 bits per heavy atom. The average Bonchev–Trinajstić information content (AvgIpc) is 2.58. The Morgan fingerprint density at radius 1 is 1.35 bits per heavy atom. The van der Waals surface area contributed by atoms with Crippen molar-refractivity contribution in [2.24, 2.45) is 0 Å². The first kappa shape index (κ1) is 14.6. The zero-order valence-corrected chi connectivity index (χ0v) is 12.6. The number of methoxy groups -OCH3 is 1. The summed E-state index contributed by atoms with van der Waals surface area (Å²) in [6, 6.07) is 0.491. The van der Waals surface area contributed by atoms with E-state index in [2.05, 4.69) is 39.9 Å². The summed E-state index contributed by atoms with van der Waals surface area (Å²) < 4.78 is 5.22. The van der Waals surface area contributed by atoms with E-state index in [4.69, 9.17) is 9.72 Å². The Morgan fingerprint density at radius 2 is 2.00 bits per heavy atom. The highest BCUT2D eigenvalue weighted by Gasteiger charge is 2.21. The van der Waals surface area contributed by atoms with Crippen LogP contribution in [0.1, 0.15) is 50.2 Å². The van der Waals surface area contributed by atoms with Crippen molar-refractivity contribution in [3.63, 3.8) is 0 Å². The molecule has 0 radical (unpaired) electrons. The molecule has 0 aliphatic carbocycles. The zero-order valence-electron chi connectivity index (χ0n) is 11.8. The highest BCUT2D eigenvalue weighted by Crippen LogP contribution is 2.29. The molecular weight excluding hydrogens is 232 g/mol. The second-order valence-corrected chi connectivity index (χ2v) is 6.69. The van der Waals surface area contributed by atoms with E-state index in [1.807, 2.05) is 0 Å². The summed E-state index contributed by atoms with van der Waals surface area (Å²) in [6.45, 7) is 12.4. The average molecular weight is 256 g/mol. The second kappa shape index (κ2) is 5.94. The van der Waals surface area contributed by atoms with Gasteiger partial charge in [-0.1, -0.05) is 34.6 Å². The molecule has 4 heteroatoms. The molecule has 0 bridgehead atoms. The number of aromatic nitrogens is 1. The summed E-state index contributed by atoms with van der Waals surface area (Å²) in [6.07, 6.45) is 0. The summed E-state index contributed by atoms with van der Waals surface area (Å²) >= 11 is 1.79. The van der Waals surface area contributed by atoms with Gasteiger partial charge in [-0.2, -0.15) is 0 Å². The predicted octanol–water partition coefficient (Wildman–Crippen LogP) is 3.09. The van der Waals surface area contributed by atoms with Gasteiger partial charge in [-0.05, 0) is 0 Å². The van der Waals surface area contributed by atoms with Crippen LogP contribution in [0, 0.1) is 0 Å². The molecule has 0 aliphatic rings. The molecule has 0 unspecified atom stereocenters. The molecule has 0 saturated heterocycles. The monoisotopic (exact) mass is 256 g/mol. The molecule has 1 heterocycles. The molecule has 1 aromatic rings. The van der Waals surface area contributed by atoms with E-state index in [0.29, 0.717) is 12.6 Å². The van der Waals surface area contributed by atoms with Crippen molar-refractivity contribution in [1.82, 2.24) is 10.3 Å². The third kappa shape index (κ3) is 4.37. The van der Waals surface area contributed by atoms with Crippen LogP contribution in [0.3, 0.4) is 0 Å². The van der Waals surface area contributed by atoms with Crippen molar-refractivity contribution in [3.05, 3.63) is 15.6 Å². The highest BCUT2D eigenvalue weighted by atomic mass is 32.1. The van der Waals surface area contributed by atoms with Crippen LogP contribution in [0.15, 0.2) is 0 Å². The third-order valence-corrected chi connectivity index (χ3v) is 3.90. The standard InChI is InChI=1S/C13H24N2OS/c1-9(2)14-7-11-10(8-16-6)15-12(17-11)13(3,4)5/h9,14H,7-8H2,1-6H3. The van der Waals surface area contributed by atoms with Gasteiger partial charge in [0.1, 0.15) is 0 Å². The van der Waals surface area contributed by atoms with Gasteiger partial charge < -0.3 is 10.1 Å². The fraction of sp³-hybridized carbons (Fsp3) is 0.769. The Bertz CT molecular complexity index is 353. The number of hydrogen-bond donors (Lipinski definition) is 1. The van der Waals surface area contributed by atoms with E-state index >= 15 is 0 Å². The molecule has 98 valence electrons. The number of nitrogens with zero attached hydrogens (tertiary/aromatic N) is 1. The molecule has 0 amide bonds. The van der Waals surface area contributed by atoms with Crippen LogP contribution in [0.25, 0.3) is 0 Å². The molecular formula is C13H24N2OS. The zero-order chi connectivity index (χ0) is 13.1. The van der Waals surface area contributed by atoms with Crippen LogP contribution < -0.4 is 5.32 Å². The van der Waals surface area contributed by atoms with Crippen LogP contribution in [0.4, 0.5) is 0 Å². The SMILES string of the molecule is COCc1nc(C(C)(C)C)sc1CNC(C)C. The quantitative estimate of drug-likeness (QED) is 0.879. The number of nitrogens with one attached hydrogen (secondary N) is 1. The third-order valence-electron chi connectivity index (χ3n) is 2.37. The van der Waals surface area contributed by atoms with Gasteiger partial charge in [0.05, 0.1) is 17.3 Å². The van der Waals surface area contributed by atoms with Crippen LogP contribution in [-0.2, 0) is 23.3 Å². The van der Waals surface area contributed by atoms with Crippen molar-refractivity contribution in [1.29, 1.82) is 0 Å². The van der Waals surface area contributed by atoms with Gasteiger partial charge in [-0.15, -0.1) is 11.3 Å². The summed E-state index contributed by atoms with van der Waals surface area (Å²) in [4.78, 5) is 6.00. The molecule has 0 saturated carbocycles. The van der Waals surface area contributed by atoms with Crippen LogP contribution in [-0.4, -0.2) is 18.1 Å². The van der Waals surface area contributed by atoms with Crippen molar-refractivity contribution < 1.29 is 4.74 Å². The van der Waals surface area contributed by atoms with E-state index < -0.39 is 0 Å². The lowest BCUT2D eigenvalue weighted by molar-refractivity contribution is 0.181. The van der Waals surface area contributed by atoms with Gasteiger partial charge in [0.25, 0.3) is 0 Å². The van der Waals surface area contributed by atoms with E-state index in [-0.39, 0.29) is 5.41 Å². The normalized spacial score (nSPS) is 12.4. The maximum Gasteiger partial charge on any atom is 0.0986 e. The van der Waals surface area contributed by atoms with Crippen molar-refractivity contribution in [2.45, 2.75) is 59.2 Å².